The lowest BCUT2D eigenvalue weighted by molar-refractivity contribution is 0.483. The molecule has 0 unspecified atom stereocenters. The molecule has 0 fully saturated rings. The van der Waals surface area contributed by atoms with Gasteiger partial charge in [0.25, 0.3) is 10.1 Å². The second-order valence-electron chi connectivity index (χ2n) is 9.46. The van der Waals surface area contributed by atoms with Crippen LogP contribution in [0.5, 0.6) is 0 Å². The number of nitrogens with zero attached hydrogens (tertiary/aromatic N) is 2. The predicted octanol–water partition coefficient (Wildman–Crippen LogP) is 6.11. The van der Waals surface area contributed by atoms with Gasteiger partial charge in [-0.15, -0.1) is 0 Å². The highest BCUT2D eigenvalue weighted by Crippen LogP contribution is 2.48. The maximum Gasteiger partial charge on any atom is 0.294 e. The number of fused-ring (bicyclic) bond motifs is 2. The van der Waals surface area contributed by atoms with E-state index >= 15 is 0 Å². The summed E-state index contributed by atoms with van der Waals surface area (Å²) in [4.78, 5) is 6.89. The molecule has 0 atom stereocenters. The monoisotopic (exact) mass is 462 g/mol. The van der Waals surface area contributed by atoms with Gasteiger partial charge in [0.15, 0.2) is 0 Å². The Morgan fingerprint density at radius 3 is 2.36 bits per heavy atom. The third-order valence-corrected chi connectivity index (χ3v) is 7.52. The van der Waals surface area contributed by atoms with Crippen LogP contribution in [0.25, 0.3) is 0 Å². The molecule has 2 aliphatic rings. The van der Waals surface area contributed by atoms with Gasteiger partial charge in [-0.3, -0.25) is 9.55 Å². The zero-order valence-electron chi connectivity index (χ0n) is 19.7. The molecular formula is C27H30N2O3S. The maximum atomic E-state index is 11.6. The van der Waals surface area contributed by atoms with Crippen LogP contribution in [-0.4, -0.2) is 25.2 Å². The molecule has 2 aromatic rings. The van der Waals surface area contributed by atoms with Gasteiger partial charge in [-0.2, -0.15) is 8.42 Å². The summed E-state index contributed by atoms with van der Waals surface area (Å²) in [7, 11) is -4.25. The van der Waals surface area contributed by atoms with Gasteiger partial charge in [-0.25, -0.2) is 0 Å². The third-order valence-electron chi connectivity index (χ3n) is 6.67. The Labute approximate surface area is 196 Å². The van der Waals surface area contributed by atoms with E-state index < -0.39 is 15.5 Å². The summed E-state index contributed by atoms with van der Waals surface area (Å²) in [5, 5.41) is 0. The number of hydrogen-bond acceptors (Lipinski definition) is 4. The Morgan fingerprint density at radius 2 is 1.70 bits per heavy atom. The first-order chi connectivity index (χ1) is 15.5. The molecule has 4 rings (SSSR count). The van der Waals surface area contributed by atoms with Crippen molar-refractivity contribution in [2.45, 2.75) is 50.3 Å². The van der Waals surface area contributed by atoms with Crippen LogP contribution in [0.3, 0.4) is 0 Å². The van der Waals surface area contributed by atoms with Crippen LogP contribution in [0.4, 0.5) is 11.4 Å². The molecule has 2 aromatic carbocycles. The van der Waals surface area contributed by atoms with Gasteiger partial charge in [0, 0.05) is 28.8 Å². The predicted molar refractivity (Wildman–Crippen MR) is 135 cm³/mol. The Balaban J connectivity index is 1.59. The van der Waals surface area contributed by atoms with Gasteiger partial charge < -0.3 is 4.90 Å². The Bertz CT molecular complexity index is 1330. The van der Waals surface area contributed by atoms with Crippen molar-refractivity contribution in [2.75, 3.05) is 11.4 Å². The summed E-state index contributed by atoms with van der Waals surface area (Å²) < 4.78 is 32.8. The van der Waals surface area contributed by atoms with Crippen LogP contribution >= 0.6 is 0 Å². The van der Waals surface area contributed by atoms with E-state index in [1.54, 1.807) is 12.1 Å². The number of allylic oxidation sites excluding steroid dienone is 6. The summed E-state index contributed by atoms with van der Waals surface area (Å²) in [6.07, 6.45) is 10.1. The Morgan fingerprint density at radius 1 is 0.970 bits per heavy atom. The number of para-hydroxylation sites is 1. The summed E-state index contributed by atoms with van der Waals surface area (Å²) >= 11 is 0. The average molecular weight is 463 g/mol. The summed E-state index contributed by atoms with van der Waals surface area (Å²) in [6.45, 7) is 11.3. The largest absolute Gasteiger partial charge is 0.344 e. The smallest absolute Gasteiger partial charge is 0.294 e. The molecule has 6 heteroatoms. The lowest BCUT2D eigenvalue weighted by atomic mass is 9.81. The summed E-state index contributed by atoms with van der Waals surface area (Å²) in [5.41, 5.74) is 5.69. The maximum absolute atomic E-state index is 11.6. The van der Waals surface area contributed by atoms with Crippen molar-refractivity contribution in [3.05, 3.63) is 89.7 Å². The fraction of sp³-hybridized carbons (Fsp3) is 0.296. The van der Waals surface area contributed by atoms with Gasteiger partial charge >= 0.3 is 0 Å². The topological polar surface area (TPSA) is 70.0 Å². The van der Waals surface area contributed by atoms with Crippen molar-refractivity contribution in [1.82, 2.24) is 0 Å². The molecule has 0 radical (unpaired) electrons. The first-order valence-corrected chi connectivity index (χ1v) is 12.6. The molecule has 0 saturated heterocycles. The normalized spacial score (nSPS) is 20.0. The van der Waals surface area contributed by atoms with Gasteiger partial charge in [-0.1, -0.05) is 64.1 Å². The number of benzene rings is 2. The van der Waals surface area contributed by atoms with Crippen molar-refractivity contribution in [2.24, 2.45) is 4.99 Å². The minimum Gasteiger partial charge on any atom is -0.344 e. The van der Waals surface area contributed by atoms with E-state index in [1.807, 2.05) is 30.4 Å². The molecule has 33 heavy (non-hydrogen) atoms. The molecule has 0 spiro atoms. The van der Waals surface area contributed by atoms with Crippen molar-refractivity contribution in [3.8, 4) is 0 Å². The zero-order chi connectivity index (χ0) is 24.0. The van der Waals surface area contributed by atoms with Crippen molar-refractivity contribution >= 4 is 27.2 Å². The van der Waals surface area contributed by atoms with Gasteiger partial charge in [-0.05, 0) is 54.5 Å². The van der Waals surface area contributed by atoms with Gasteiger partial charge in [0.2, 0.25) is 0 Å². The lowest BCUT2D eigenvalue weighted by Gasteiger charge is -2.25. The van der Waals surface area contributed by atoms with E-state index in [0.717, 1.165) is 34.9 Å². The number of anilines is 1. The molecule has 0 aliphatic carbocycles. The highest BCUT2D eigenvalue weighted by Gasteiger charge is 2.40. The van der Waals surface area contributed by atoms with Crippen LogP contribution in [0.15, 0.2) is 88.4 Å². The van der Waals surface area contributed by atoms with Crippen molar-refractivity contribution < 1.29 is 13.0 Å². The SMILES string of the molecule is CCN1/C(=C/C=C/C=C/C2=Nc3ccccc3C2(C)C)C(C)(C)c2cc(S(=O)(=O)O)ccc21. The Kier molecular flexibility index (Phi) is 5.71. The number of likely N-dealkylation sites (N-methyl/N-ethyl adjacent to an activating group) is 1. The molecule has 0 saturated carbocycles. The highest BCUT2D eigenvalue weighted by atomic mass is 32.2. The number of hydrogen-bond donors (Lipinski definition) is 1. The van der Waals surface area contributed by atoms with Crippen LogP contribution < -0.4 is 4.90 Å². The molecular weight excluding hydrogens is 432 g/mol. The van der Waals surface area contributed by atoms with E-state index in [-0.39, 0.29) is 10.3 Å². The summed E-state index contributed by atoms with van der Waals surface area (Å²) in [5.74, 6) is 0. The van der Waals surface area contributed by atoms with E-state index in [9.17, 15) is 13.0 Å². The minimum atomic E-state index is -4.25. The van der Waals surface area contributed by atoms with Crippen LogP contribution in [0.2, 0.25) is 0 Å². The molecule has 2 heterocycles. The first kappa shape index (κ1) is 23.2. The van der Waals surface area contributed by atoms with Crippen LogP contribution in [-0.2, 0) is 20.9 Å². The second kappa shape index (κ2) is 8.12. The van der Waals surface area contributed by atoms with Crippen molar-refractivity contribution in [1.29, 1.82) is 0 Å². The first-order valence-electron chi connectivity index (χ1n) is 11.1. The van der Waals surface area contributed by atoms with Crippen LogP contribution in [0, 0.1) is 0 Å². The third kappa shape index (κ3) is 3.98. The molecule has 2 aliphatic heterocycles. The van der Waals surface area contributed by atoms with E-state index in [0.29, 0.717) is 0 Å². The number of rotatable bonds is 5. The average Bonchev–Trinajstić information content (AvgIpc) is 3.14. The molecule has 0 bridgehead atoms. The molecule has 172 valence electrons. The highest BCUT2D eigenvalue weighted by molar-refractivity contribution is 7.85. The fourth-order valence-corrected chi connectivity index (χ4v) is 5.27. The standard InChI is InChI=1S/C27H30N2O3S/c1-6-29-23-17-16-19(33(30,31)32)18-21(23)27(4,5)25(29)15-9-7-8-14-24-26(2,3)20-12-10-11-13-22(20)28-24/h7-18H,6H2,1-5H3,(H,30,31,32)/b9-7+,14-8+,25-15+. The van der Waals surface area contributed by atoms with Gasteiger partial charge in [0.05, 0.1) is 16.3 Å². The van der Waals surface area contributed by atoms with Crippen LogP contribution in [0.1, 0.15) is 45.7 Å². The molecule has 5 nitrogen and oxygen atoms in total. The second-order valence-corrected chi connectivity index (χ2v) is 10.9. The summed E-state index contributed by atoms with van der Waals surface area (Å²) in [6, 6.07) is 13.0. The molecule has 1 N–H and O–H groups in total. The Hall–Kier alpha value is -2.96. The van der Waals surface area contributed by atoms with Crippen molar-refractivity contribution in [3.63, 3.8) is 0 Å². The van der Waals surface area contributed by atoms with E-state index in [4.69, 9.17) is 4.99 Å². The minimum absolute atomic E-state index is 0.0777. The quantitative estimate of drug-likeness (QED) is 0.430. The lowest BCUT2D eigenvalue weighted by Crippen LogP contribution is -2.25. The van der Waals surface area contributed by atoms with E-state index in [2.05, 4.69) is 63.8 Å². The molecule has 0 aromatic heterocycles. The molecule has 0 amide bonds. The van der Waals surface area contributed by atoms with E-state index in [1.165, 1.54) is 11.6 Å². The fourth-order valence-electron chi connectivity index (χ4n) is 4.77. The zero-order valence-corrected chi connectivity index (χ0v) is 20.5. The number of aliphatic imine (C=N–C) groups is 1. The van der Waals surface area contributed by atoms with Gasteiger partial charge in [0.1, 0.15) is 0 Å².